The molecule has 1 heterocycles. The van der Waals surface area contributed by atoms with E-state index < -0.39 is 23.1 Å². The highest BCUT2D eigenvalue weighted by molar-refractivity contribution is 5.80. The van der Waals surface area contributed by atoms with Crippen LogP contribution in [0.1, 0.15) is 30.8 Å². The van der Waals surface area contributed by atoms with Gasteiger partial charge in [-0.25, -0.2) is 9.67 Å². The van der Waals surface area contributed by atoms with E-state index in [1.807, 2.05) is 0 Å². The number of nitrogens with zero attached hydrogens (tertiary/aromatic N) is 3. The van der Waals surface area contributed by atoms with E-state index in [1.54, 1.807) is 13.8 Å². The second-order valence-corrected chi connectivity index (χ2v) is 5.54. The van der Waals surface area contributed by atoms with Gasteiger partial charge in [0, 0.05) is 0 Å². The van der Waals surface area contributed by atoms with Crippen molar-refractivity contribution in [3.05, 3.63) is 47.5 Å². The SMILES string of the molecule is COC(=O)C(C)(C)c1ncn(Cc2ccccc2C(F)(F)F)n1. The van der Waals surface area contributed by atoms with Crippen molar-refractivity contribution >= 4 is 5.97 Å². The zero-order valence-corrected chi connectivity index (χ0v) is 12.9. The van der Waals surface area contributed by atoms with Gasteiger partial charge >= 0.3 is 12.1 Å². The number of esters is 1. The Bertz CT molecular complexity index is 708. The van der Waals surface area contributed by atoms with E-state index in [9.17, 15) is 18.0 Å². The third kappa shape index (κ3) is 3.52. The number of methoxy groups -OCH3 is 1. The van der Waals surface area contributed by atoms with Crippen LogP contribution in [0.15, 0.2) is 30.6 Å². The Balaban J connectivity index is 2.29. The first-order valence-corrected chi connectivity index (χ1v) is 6.79. The molecule has 2 aromatic rings. The summed E-state index contributed by atoms with van der Waals surface area (Å²) in [6.45, 7) is 3.07. The van der Waals surface area contributed by atoms with Crippen LogP contribution in [0.5, 0.6) is 0 Å². The fourth-order valence-corrected chi connectivity index (χ4v) is 2.11. The minimum atomic E-state index is -4.44. The third-order valence-electron chi connectivity index (χ3n) is 3.45. The van der Waals surface area contributed by atoms with Gasteiger partial charge < -0.3 is 4.74 Å². The summed E-state index contributed by atoms with van der Waals surface area (Å²) in [6.07, 6.45) is -3.14. The molecule has 1 aromatic carbocycles. The van der Waals surface area contributed by atoms with Crippen LogP contribution in [0.25, 0.3) is 0 Å². The molecule has 124 valence electrons. The van der Waals surface area contributed by atoms with E-state index >= 15 is 0 Å². The molecule has 0 unspecified atom stereocenters. The van der Waals surface area contributed by atoms with Crippen molar-refractivity contribution in [2.24, 2.45) is 0 Å². The van der Waals surface area contributed by atoms with Crippen LogP contribution in [0, 0.1) is 0 Å². The summed E-state index contributed by atoms with van der Waals surface area (Å²) in [4.78, 5) is 15.7. The molecule has 0 N–H and O–H groups in total. The molecule has 0 fully saturated rings. The van der Waals surface area contributed by atoms with Gasteiger partial charge in [0.15, 0.2) is 5.82 Å². The normalized spacial score (nSPS) is 12.3. The Kier molecular flexibility index (Phi) is 4.44. The highest BCUT2D eigenvalue weighted by Gasteiger charge is 2.36. The maximum atomic E-state index is 13.0. The summed E-state index contributed by atoms with van der Waals surface area (Å²) in [7, 11) is 1.25. The molecule has 0 aliphatic rings. The monoisotopic (exact) mass is 327 g/mol. The number of aromatic nitrogens is 3. The molecule has 0 radical (unpaired) electrons. The van der Waals surface area contributed by atoms with Gasteiger partial charge in [0.1, 0.15) is 11.7 Å². The molecule has 0 aliphatic heterocycles. The highest BCUT2D eigenvalue weighted by atomic mass is 19.4. The van der Waals surface area contributed by atoms with Gasteiger partial charge in [-0.05, 0) is 25.5 Å². The lowest BCUT2D eigenvalue weighted by Gasteiger charge is -2.17. The van der Waals surface area contributed by atoms with Gasteiger partial charge in [-0.15, -0.1) is 0 Å². The first-order valence-electron chi connectivity index (χ1n) is 6.79. The second-order valence-electron chi connectivity index (χ2n) is 5.54. The zero-order valence-electron chi connectivity index (χ0n) is 12.9. The summed E-state index contributed by atoms with van der Waals surface area (Å²) in [5.41, 5.74) is -1.72. The molecule has 0 spiro atoms. The Morgan fingerprint density at radius 3 is 2.52 bits per heavy atom. The van der Waals surface area contributed by atoms with Crippen molar-refractivity contribution in [2.45, 2.75) is 32.0 Å². The highest BCUT2D eigenvalue weighted by Crippen LogP contribution is 2.32. The predicted molar refractivity (Wildman–Crippen MR) is 75.6 cm³/mol. The summed E-state index contributed by atoms with van der Waals surface area (Å²) in [6, 6.07) is 5.27. The van der Waals surface area contributed by atoms with Gasteiger partial charge in [-0.1, -0.05) is 18.2 Å². The lowest BCUT2D eigenvalue weighted by molar-refractivity contribution is -0.146. The Labute approximate surface area is 131 Å². The molecule has 0 saturated heterocycles. The summed E-state index contributed by atoms with van der Waals surface area (Å²) in [5.74, 6) is -0.334. The molecule has 0 atom stereocenters. The smallest absolute Gasteiger partial charge is 0.416 e. The minimum absolute atomic E-state index is 0.0762. The fourth-order valence-electron chi connectivity index (χ4n) is 2.11. The molecular formula is C15H16F3N3O2. The van der Waals surface area contributed by atoms with Crippen LogP contribution in [-0.4, -0.2) is 27.8 Å². The summed E-state index contributed by atoms with van der Waals surface area (Å²) in [5, 5.41) is 4.11. The van der Waals surface area contributed by atoms with Crippen LogP contribution in [0.3, 0.4) is 0 Å². The lowest BCUT2D eigenvalue weighted by Crippen LogP contribution is -2.31. The van der Waals surface area contributed by atoms with Gasteiger partial charge in [0.25, 0.3) is 0 Å². The molecule has 0 amide bonds. The van der Waals surface area contributed by atoms with E-state index in [1.165, 1.54) is 36.3 Å². The van der Waals surface area contributed by atoms with Crippen molar-refractivity contribution in [1.82, 2.24) is 14.8 Å². The average Bonchev–Trinajstić information content (AvgIpc) is 2.95. The van der Waals surface area contributed by atoms with Crippen LogP contribution >= 0.6 is 0 Å². The molecule has 0 saturated carbocycles. The van der Waals surface area contributed by atoms with E-state index in [-0.39, 0.29) is 17.9 Å². The van der Waals surface area contributed by atoms with Crippen LogP contribution in [0.2, 0.25) is 0 Å². The number of carbonyl (C=O) groups is 1. The summed E-state index contributed by atoms with van der Waals surface area (Å²) >= 11 is 0. The molecule has 0 aliphatic carbocycles. The molecule has 5 nitrogen and oxygen atoms in total. The molecule has 23 heavy (non-hydrogen) atoms. The van der Waals surface area contributed by atoms with Gasteiger partial charge in [0.05, 0.1) is 19.2 Å². The molecule has 2 rings (SSSR count). The van der Waals surface area contributed by atoms with Crippen molar-refractivity contribution in [1.29, 1.82) is 0 Å². The van der Waals surface area contributed by atoms with Crippen molar-refractivity contribution in [2.75, 3.05) is 7.11 Å². The Morgan fingerprint density at radius 1 is 1.26 bits per heavy atom. The van der Waals surface area contributed by atoms with Gasteiger partial charge in [-0.3, -0.25) is 4.79 Å². The predicted octanol–water partition coefficient (Wildman–Crippen LogP) is 2.80. The standard InChI is InChI=1S/C15H16F3N3O2/c1-14(2,13(22)23-3)12-19-9-21(20-12)8-10-6-4-5-7-11(10)15(16,17)18/h4-7,9H,8H2,1-3H3. The maximum absolute atomic E-state index is 13.0. The Hall–Kier alpha value is -2.38. The number of hydrogen-bond donors (Lipinski definition) is 0. The fraction of sp³-hybridized carbons (Fsp3) is 0.400. The first kappa shape index (κ1) is 17.0. The van der Waals surface area contributed by atoms with E-state index in [0.717, 1.165) is 6.07 Å². The molecule has 1 aromatic heterocycles. The molecule has 8 heteroatoms. The Morgan fingerprint density at radius 2 is 1.91 bits per heavy atom. The number of carbonyl (C=O) groups excluding carboxylic acids is 1. The van der Waals surface area contributed by atoms with Gasteiger partial charge in [0.2, 0.25) is 0 Å². The van der Waals surface area contributed by atoms with Crippen molar-refractivity contribution < 1.29 is 22.7 Å². The van der Waals surface area contributed by atoms with Crippen molar-refractivity contribution in [3.63, 3.8) is 0 Å². The number of hydrogen-bond acceptors (Lipinski definition) is 4. The maximum Gasteiger partial charge on any atom is 0.416 e. The summed E-state index contributed by atoms with van der Waals surface area (Å²) < 4.78 is 44.9. The largest absolute Gasteiger partial charge is 0.468 e. The van der Waals surface area contributed by atoms with Crippen LogP contribution in [0.4, 0.5) is 13.2 Å². The number of ether oxygens (including phenoxy) is 1. The third-order valence-corrected chi connectivity index (χ3v) is 3.45. The number of rotatable bonds is 4. The van der Waals surface area contributed by atoms with Crippen LogP contribution in [-0.2, 0) is 27.7 Å². The van der Waals surface area contributed by atoms with E-state index in [0.29, 0.717) is 0 Å². The topological polar surface area (TPSA) is 57.0 Å². The number of benzene rings is 1. The second kappa shape index (κ2) is 6.02. The molecular weight excluding hydrogens is 311 g/mol. The number of halogens is 3. The van der Waals surface area contributed by atoms with Crippen molar-refractivity contribution in [3.8, 4) is 0 Å². The molecule has 0 bridgehead atoms. The number of alkyl halides is 3. The zero-order chi connectivity index (χ0) is 17.3. The van der Waals surface area contributed by atoms with E-state index in [2.05, 4.69) is 14.8 Å². The lowest BCUT2D eigenvalue weighted by atomic mass is 9.93. The first-order chi connectivity index (χ1) is 10.7. The van der Waals surface area contributed by atoms with E-state index in [4.69, 9.17) is 0 Å². The minimum Gasteiger partial charge on any atom is -0.468 e. The van der Waals surface area contributed by atoms with Crippen LogP contribution < -0.4 is 0 Å². The quantitative estimate of drug-likeness (QED) is 0.810. The average molecular weight is 327 g/mol. The van der Waals surface area contributed by atoms with Gasteiger partial charge in [-0.2, -0.15) is 18.3 Å².